The molecular formula is C23H23N5OS. The van der Waals surface area contributed by atoms with Crippen LogP contribution in [-0.4, -0.2) is 32.2 Å². The van der Waals surface area contributed by atoms with Crippen LogP contribution in [0.2, 0.25) is 0 Å². The van der Waals surface area contributed by atoms with Crippen molar-refractivity contribution in [2.45, 2.75) is 25.8 Å². The van der Waals surface area contributed by atoms with Crippen molar-refractivity contribution >= 4 is 17.2 Å². The minimum Gasteiger partial charge on any atom is -0.354 e. The number of nitrogens with zero attached hydrogens (tertiary/aromatic N) is 4. The smallest absolute Gasteiger partial charge is 0.223 e. The molecule has 2 saturated carbocycles. The topological polar surface area (TPSA) is 72.7 Å². The van der Waals surface area contributed by atoms with Gasteiger partial charge in [-0.2, -0.15) is 5.10 Å². The summed E-state index contributed by atoms with van der Waals surface area (Å²) in [6.07, 6.45) is 15.2. The summed E-state index contributed by atoms with van der Waals surface area (Å²) in [5.41, 5.74) is 3.24. The van der Waals surface area contributed by atoms with Crippen molar-refractivity contribution in [1.29, 1.82) is 0 Å². The Hall–Kier alpha value is -2.80. The van der Waals surface area contributed by atoms with E-state index in [0.29, 0.717) is 30.3 Å². The van der Waals surface area contributed by atoms with E-state index in [1.165, 1.54) is 12.8 Å². The number of aromatic nitrogens is 4. The third kappa shape index (κ3) is 2.75. The molecule has 152 valence electrons. The fourth-order valence-corrected chi connectivity index (χ4v) is 6.33. The molecule has 3 heterocycles. The number of hydrogen-bond donors (Lipinski definition) is 1. The van der Waals surface area contributed by atoms with Gasteiger partial charge >= 0.3 is 0 Å². The van der Waals surface area contributed by atoms with Crippen LogP contribution in [0.4, 0.5) is 0 Å². The fourth-order valence-electron chi connectivity index (χ4n) is 5.54. The van der Waals surface area contributed by atoms with Crippen LogP contribution in [0.25, 0.3) is 21.8 Å². The summed E-state index contributed by atoms with van der Waals surface area (Å²) >= 11 is 1.67. The van der Waals surface area contributed by atoms with Gasteiger partial charge in [0.05, 0.1) is 35.2 Å². The average molecular weight is 418 g/mol. The van der Waals surface area contributed by atoms with E-state index >= 15 is 0 Å². The highest BCUT2D eigenvalue weighted by Gasteiger charge is 2.63. The molecular weight excluding hydrogens is 394 g/mol. The van der Waals surface area contributed by atoms with E-state index in [9.17, 15) is 4.79 Å². The third-order valence-electron chi connectivity index (χ3n) is 7.11. The van der Waals surface area contributed by atoms with Gasteiger partial charge in [-0.25, -0.2) is 0 Å². The van der Waals surface area contributed by atoms with E-state index in [2.05, 4.69) is 44.0 Å². The first-order valence-corrected chi connectivity index (χ1v) is 11.5. The number of hydrogen-bond acceptors (Lipinski definition) is 5. The highest BCUT2D eigenvalue weighted by atomic mass is 32.1. The molecule has 7 heteroatoms. The Bertz CT molecular complexity index is 1100. The zero-order valence-corrected chi connectivity index (χ0v) is 17.4. The van der Waals surface area contributed by atoms with E-state index in [-0.39, 0.29) is 11.8 Å². The maximum Gasteiger partial charge on any atom is 0.223 e. The predicted molar refractivity (Wildman–Crippen MR) is 115 cm³/mol. The van der Waals surface area contributed by atoms with Gasteiger partial charge in [-0.15, -0.1) is 11.3 Å². The van der Waals surface area contributed by atoms with E-state index < -0.39 is 0 Å². The Balaban J connectivity index is 1.18. The van der Waals surface area contributed by atoms with Crippen molar-refractivity contribution in [3.8, 4) is 21.8 Å². The van der Waals surface area contributed by atoms with Gasteiger partial charge in [0.15, 0.2) is 0 Å². The van der Waals surface area contributed by atoms with E-state index in [0.717, 1.165) is 28.2 Å². The number of rotatable bonds is 6. The second kappa shape index (κ2) is 6.87. The molecule has 6 rings (SSSR count). The molecule has 6 nitrogen and oxygen atoms in total. The van der Waals surface area contributed by atoms with Gasteiger partial charge in [0.25, 0.3) is 0 Å². The summed E-state index contributed by atoms with van der Waals surface area (Å²) < 4.78 is 1.97. The molecule has 1 N–H and O–H groups in total. The first-order valence-electron chi connectivity index (χ1n) is 10.6. The number of nitrogens with one attached hydrogen (secondary N) is 1. The Morgan fingerprint density at radius 2 is 2.20 bits per heavy atom. The lowest BCUT2D eigenvalue weighted by molar-refractivity contribution is -0.125. The highest BCUT2D eigenvalue weighted by Crippen LogP contribution is 2.70. The molecule has 30 heavy (non-hydrogen) atoms. The van der Waals surface area contributed by atoms with Gasteiger partial charge in [0.1, 0.15) is 0 Å². The van der Waals surface area contributed by atoms with Crippen molar-refractivity contribution in [1.82, 2.24) is 25.1 Å². The summed E-state index contributed by atoms with van der Waals surface area (Å²) in [5.74, 6) is 1.44. The van der Waals surface area contributed by atoms with Crippen LogP contribution in [0, 0.1) is 23.2 Å². The molecule has 2 fully saturated rings. The number of amides is 1. The molecule has 0 aliphatic heterocycles. The molecule has 0 radical (unpaired) electrons. The van der Waals surface area contributed by atoms with Gasteiger partial charge in [-0.1, -0.05) is 18.2 Å². The van der Waals surface area contributed by atoms with Crippen molar-refractivity contribution in [2.24, 2.45) is 23.2 Å². The number of carbonyl (C=O) groups is 1. The summed E-state index contributed by atoms with van der Waals surface area (Å²) in [5, 5.41) is 9.85. The molecule has 1 amide bonds. The Morgan fingerprint density at radius 3 is 2.93 bits per heavy atom. The maximum absolute atomic E-state index is 12.9. The maximum atomic E-state index is 12.9. The zero-order chi connectivity index (χ0) is 20.1. The van der Waals surface area contributed by atoms with Gasteiger partial charge in [0.2, 0.25) is 5.91 Å². The van der Waals surface area contributed by atoms with Crippen LogP contribution in [-0.2, 0) is 11.3 Å². The second-order valence-electron chi connectivity index (χ2n) is 8.58. The summed E-state index contributed by atoms with van der Waals surface area (Å²) in [7, 11) is 0. The van der Waals surface area contributed by atoms with Crippen LogP contribution in [0.3, 0.4) is 0 Å². The fraction of sp³-hybridized carbons (Fsp3) is 0.391. The Morgan fingerprint density at radius 1 is 1.27 bits per heavy atom. The molecule has 3 atom stereocenters. The molecule has 0 unspecified atom stereocenters. The van der Waals surface area contributed by atoms with E-state index in [4.69, 9.17) is 0 Å². The Kier molecular flexibility index (Phi) is 4.13. The molecule has 3 aromatic rings. The molecule has 3 aromatic heterocycles. The lowest BCUT2D eigenvalue weighted by Gasteiger charge is -2.19. The Labute approximate surface area is 179 Å². The van der Waals surface area contributed by atoms with Crippen molar-refractivity contribution in [2.75, 3.05) is 6.54 Å². The normalized spacial score (nSPS) is 25.1. The number of carbonyl (C=O) groups excluding carboxylic acids is 1. The molecule has 0 aromatic carbocycles. The summed E-state index contributed by atoms with van der Waals surface area (Å²) in [6.45, 7) is 1.20. The first kappa shape index (κ1) is 18.0. The number of allylic oxidation sites excluding steroid dienone is 2. The van der Waals surface area contributed by atoms with E-state index in [1.807, 2.05) is 16.9 Å². The first-order chi connectivity index (χ1) is 14.8. The zero-order valence-electron chi connectivity index (χ0n) is 16.6. The van der Waals surface area contributed by atoms with Crippen LogP contribution in [0.15, 0.2) is 54.5 Å². The van der Waals surface area contributed by atoms with Crippen LogP contribution >= 0.6 is 11.3 Å². The van der Waals surface area contributed by atoms with Gasteiger partial charge in [-0.3, -0.25) is 19.4 Å². The van der Waals surface area contributed by atoms with Gasteiger partial charge in [-0.05, 0) is 48.0 Å². The third-order valence-corrected chi connectivity index (χ3v) is 7.99. The van der Waals surface area contributed by atoms with E-state index in [1.54, 1.807) is 29.9 Å². The largest absolute Gasteiger partial charge is 0.354 e. The molecule has 2 bridgehead atoms. The summed E-state index contributed by atoms with van der Waals surface area (Å²) in [6, 6.07) is 4.13. The van der Waals surface area contributed by atoms with Gasteiger partial charge < -0.3 is 5.32 Å². The van der Waals surface area contributed by atoms with Crippen molar-refractivity contribution < 1.29 is 4.79 Å². The minimum absolute atomic E-state index is 0.145. The molecule has 3 aliphatic carbocycles. The van der Waals surface area contributed by atoms with Crippen molar-refractivity contribution in [3.05, 3.63) is 54.5 Å². The predicted octanol–water partition coefficient (Wildman–Crippen LogP) is 3.79. The second-order valence-corrected chi connectivity index (χ2v) is 9.53. The molecule has 0 saturated heterocycles. The lowest BCUT2D eigenvalue weighted by Crippen LogP contribution is -2.35. The highest BCUT2D eigenvalue weighted by molar-refractivity contribution is 7.13. The standard InChI is InChI=1S/C23H23N5OS/c29-22(16-12-15-3-4-18(16)23(15)5-6-23)26-9-10-28-21(20-2-1-11-30-20)17(13-27-28)19-14-24-7-8-25-19/h1-4,7-8,11,13-16,18H,5-6,9-10,12H2,(H,26,29)/t15-,16-,18-/m1/s1. The van der Waals surface area contributed by atoms with Crippen LogP contribution in [0.5, 0.6) is 0 Å². The lowest BCUT2D eigenvalue weighted by atomic mass is 9.88. The monoisotopic (exact) mass is 417 g/mol. The number of thiophene rings is 1. The summed E-state index contributed by atoms with van der Waals surface area (Å²) in [4.78, 5) is 22.7. The minimum atomic E-state index is 0.145. The molecule has 3 aliphatic rings. The molecule has 1 spiro atoms. The SMILES string of the molecule is O=C(NCCn1ncc(-c2cnccn2)c1-c1cccs1)[C@@H]1C[C@H]2C=C[C@H]1C21CC1. The quantitative estimate of drug-likeness (QED) is 0.620. The van der Waals surface area contributed by atoms with Crippen LogP contribution in [0.1, 0.15) is 19.3 Å². The average Bonchev–Trinajstić information content (AvgIpc) is 3.09. The van der Waals surface area contributed by atoms with Gasteiger partial charge in [0, 0.05) is 30.4 Å². The van der Waals surface area contributed by atoms with Crippen LogP contribution < -0.4 is 5.32 Å². The van der Waals surface area contributed by atoms with Crippen molar-refractivity contribution in [3.63, 3.8) is 0 Å².